The first kappa shape index (κ1) is 20.6. The van der Waals surface area contributed by atoms with Gasteiger partial charge in [0.1, 0.15) is 5.76 Å². The number of nitrogens with zero attached hydrogens (tertiary/aromatic N) is 1. The van der Waals surface area contributed by atoms with Crippen molar-refractivity contribution in [2.45, 2.75) is 13.0 Å². The van der Waals surface area contributed by atoms with Crippen LogP contribution in [0.2, 0.25) is 5.02 Å². The molecule has 1 atom stereocenters. The van der Waals surface area contributed by atoms with Gasteiger partial charge in [-0.15, -0.1) is 0 Å². The van der Waals surface area contributed by atoms with E-state index in [0.717, 1.165) is 0 Å². The second-order valence-electron chi connectivity index (χ2n) is 7.19. The number of aliphatic hydroxyl groups is 1. The molecular formula is C25H18ClNO4. The first-order valence-corrected chi connectivity index (χ1v) is 9.99. The van der Waals surface area contributed by atoms with Crippen LogP contribution in [-0.4, -0.2) is 22.6 Å². The molecule has 0 radical (unpaired) electrons. The summed E-state index contributed by atoms with van der Waals surface area (Å²) < 4.78 is 0. The van der Waals surface area contributed by atoms with Crippen LogP contribution in [0.4, 0.5) is 5.69 Å². The maximum Gasteiger partial charge on any atom is 0.300 e. The molecule has 3 aromatic rings. The Kier molecular flexibility index (Phi) is 5.44. The lowest BCUT2D eigenvalue weighted by Crippen LogP contribution is -2.29. The summed E-state index contributed by atoms with van der Waals surface area (Å²) in [6.45, 7) is 1.45. The third kappa shape index (κ3) is 3.76. The van der Waals surface area contributed by atoms with Gasteiger partial charge in [-0.3, -0.25) is 19.3 Å². The predicted octanol–water partition coefficient (Wildman–Crippen LogP) is 5.17. The van der Waals surface area contributed by atoms with Crippen molar-refractivity contribution in [3.05, 3.63) is 106 Å². The van der Waals surface area contributed by atoms with Crippen molar-refractivity contribution in [3.8, 4) is 0 Å². The molecule has 1 heterocycles. The van der Waals surface area contributed by atoms with Gasteiger partial charge < -0.3 is 5.11 Å². The molecule has 3 aromatic carbocycles. The van der Waals surface area contributed by atoms with Gasteiger partial charge in [0.25, 0.3) is 11.7 Å². The van der Waals surface area contributed by atoms with E-state index in [-0.39, 0.29) is 17.1 Å². The molecule has 1 saturated heterocycles. The van der Waals surface area contributed by atoms with Gasteiger partial charge in [-0.2, -0.15) is 0 Å². The minimum absolute atomic E-state index is 0.00540. The van der Waals surface area contributed by atoms with Crippen molar-refractivity contribution >= 4 is 40.5 Å². The zero-order chi connectivity index (χ0) is 22.1. The van der Waals surface area contributed by atoms with Crippen molar-refractivity contribution in [2.24, 2.45) is 0 Å². The van der Waals surface area contributed by atoms with Gasteiger partial charge in [-0.05, 0) is 48.9 Å². The van der Waals surface area contributed by atoms with E-state index < -0.39 is 17.7 Å². The highest BCUT2D eigenvalue weighted by molar-refractivity contribution is 6.51. The van der Waals surface area contributed by atoms with Crippen molar-refractivity contribution in [3.63, 3.8) is 0 Å². The Labute approximate surface area is 184 Å². The molecule has 154 valence electrons. The molecule has 6 heteroatoms. The van der Waals surface area contributed by atoms with E-state index in [9.17, 15) is 19.5 Å². The molecule has 31 heavy (non-hydrogen) atoms. The number of Topliss-reactive ketones (excluding diaryl/α,β-unsaturated/α-hetero) is 2. The Morgan fingerprint density at radius 3 is 2.06 bits per heavy atom. The van der Waals surface area contributed by atoms with E-state index in [4.69, 9.17) is 11.6 Å². The number of benzene rings is 3. The van der Waals surface area contributed by atoms with Crippen LogP contribution in [0.3, 0.4) is 0 Å². The molecule has 0 aromatic heterocycles. The first-order chi connectivity index (χ1) is 14.9. The highest BCUT2D eigenvalue weighted by atomic mass is 35.5. The summed E-state index contributed by atoms with van der Waals surface area (Å²) in [6.07, 6.45) is 0. The average Bonchev–Trinajstić information content (AvgIpc) is 3.05. The van der Waals surface area contributed by atoms with Gasteiger partial charge >= 0.3 is 0 Å². The lowest BCUT2D eigenvalue weighted by Gasteiger charge is -2.25. The van der Waals surface area contributed by atoms with Crippen LogP contribution < -0.4 is 4.90 Å². The van der Waals surface area contributed by atoms with E-state index in [2.05, 4.69) is 0 Å². The smallest absolute Gasteiger partial charge is 0.300 e. The van der Waals surface area contributed by atoms with Crippen LogP contribution in [0.15, 0.2) is 84.4 Å². The van der Waals surface area contributed by atoms with E-state index in [0.29, 0.717) is 27.4 Å². The van der Waals surface area contributed by atoms with E-state index in [1.165, 1.54) is 11.8 Å². The normalized spacial score (nSPS) is 17.7. The van der Waals surface area contributed by atoms with Crippen molar-refractivity contribution in [2.75, 3.05) is 4.90 Å². The Hall–Kier alpha value is -3.70. The highest BCUT2D eigenvalue weighted by Crippen LogP contribution is 2.42. The first-order valence-electron chi connectivity index (χ1n) is 9.61. The zero-order valence-corrected chi connectivity index (χ0v) is 17.3. The minimum Gasteiger partial charge on any atom is -0.507 e. The van der Waals surface area contributed by atoms with E-state index in [1.54, 1.807) is 78.9 Å². The van der Waals surface area contributed by atoms with Crippen LogP contribution in [0, 0.1) is 0 Å². The molecule has 1 unspecified atom stereocenters. The number of carbonyl (C=O) groups is 3. The van der Waals surface area contributed by atoms with Crippen LogP contribution in [-0.2, 0) is 9.59 Å². The zero-order valence-electron chi connectivity index (χ0n) is 16.6. The third-order valence-corrected chi connectivity index (χ3v) is 5.48. The van der Waals surface area contributed by atoms with Crippen molar-refractivity contribution in [1.29, 1.82) is 0 Å². The van der Waals surface area contributed by atoms with Gasteiger partial charge in [0.2, 0.25) is 0 Å². The maximum absolute atomic E-state index is 13.1. The highest BCUT2D eigenvalue weighted by Gasteiger charge is 2.46. The number of anilines is 1. The Morgan fingerprint density at radius 2 is 1.48 bits per heavy atom. The van der Waals surface area contributed by atoms with E-state index >= 15 is 0 Å². The molecule has 1 aliphatic heterocycles. The standard InChI is InChI=1S/C25H18ClNO4/c1-15(28)16-9-13-20(14-10-16)27-22(17-7-11-19(26)12-8-17)21(24(30)25(27)31)23(29)18-5-3-2-4-6-18/h2-14,22,29H,1H3/b23-21-. The lowest BCUT2D eigenvalue weighted by atomic mass is 9.95. The summed E-state index contributed by atoms with van der Waals surface area (Å²) in [5, 5.41) is 11.5. The van der Waals surface area contributed by atoms with Gasteiger partial charge in [-0.25, -0.2) is 0 Å². The molecule has 1 aliphatic rings. The Morgan fingerprint density at radius 1 is 0.871 bits per heavy atom. The van der Waals surface area contributed by atoms with E-state index in [1.807, 2.05) is 0 Å². The number of hydrogen-bond donors (Lipinski definition) is 1. The minimum atomic E-state index is -0.847. The molecule has 1 N–H and O–H groups in total. The van der Waals surface area contributed by atoms with Gasteiger partial charge in [0, 0.05) is 21.8 Å². The summed E-state index contributed by atoms with van der Waals surface area (Å²) >= 11 is 6.03. The van der Waals surface area contributed by atoms with Gasteiger partial charge in [0.05, 0.1) is 11.6 Å². The predicted molar refractivity (Wildman–Crippen MR) is 119 cm³/mol. The van der Waals surface area contributed by atoms with Crippen LogP contribution in [0.5, 0.6) is 0 Å². The van der Waals surface area contributed by atoms with Gasteiger partial charge in [-0.1, -0.05) is 54.1 Å². The molecule has 0 spiro atoms. The number of halogens is 1. The molecule has 1 amide bonds. The van der Waals surface area contributed by atoms with Crippen molar-refractivity contribution in [1.82, 2.24) is 0 Å². The monoisotopic (exact) mass is 431 g/mol. The van der Waals surface area contributed by atoms with Crippen LogP contribution in [0.1, 0.15) is 34.5 Å². The molecule has 0 saturated carbocycles. The summed E-state index contributed by atoms with van der Waals surface area (Å²) in [4.78, 5) is 39.1. The topological polar surface area (TPSA) is 74.7 Å². The number of rotatable bonds is 4. The number of aliphatic hydroxyl groups excluding tert-OH is 1. The fourth-order valence-electron chi connectivity index (χ4n) is 3.67. The van der Waals surface area contributed by atoms with Crippen LogP contribution in [0.25, 0.3) is 5.76 Å². The fraction of sp³-hybridized carbons (Fsp3) is 0.0800. The molecule has 4 rings (SSSR count). The quantitative estimate of drug-likeness (QED) is 0.267. The van der Waals surface area contributed by atoms with Crippen LogP contribution >= 0.6 is 11.6 Å². The SMILES string of the molecule is CC(=O)c1ccc(N2C(=O)C(=O)/C(=C(\O)c3ccccc3)C2c2ccc(Cl)cc2)cc1. The second-order valence-corrected chi connectivity index (χ2v) is 7.63. The molecule has 5 nitrogen and oxygen atoms in total. The number of amides is 1. The summed E-state index contributed by atoms with van der Waals surface area (Å²) in [5.74, 6) is -1.89. The summed E-state index contributed by atoms with van der Waals surface area (Å²) in [7, 11) is 0. The van der Waals surface area contributed by atoms with Gasteiger partial charge in [0.15, 0.2) is 5.78 Å². The number of hydrogen-bond acceptors (Lipinski definition) is 4. The average molecular weight is 432 g/mol. The summed E-state index contributed by atoms with van der Waals surface area (Å²) in [6, 6.07) is 21.0. The molecule has 0 aliphatic carbocycles. The second kappa shape index (κ2) is 8.20. The maximum atomic E-state index is 13.1. The Balaban J connectivity index is 1.91. The molecular weight excluding hydrogens is 414 g/mol. The molecule has 0 bridgehead atoms. The van der Waals surface area contributed by atoms with Crippen molar-refractivity contribution < 1.29 is 19.5 Å². The lowest BCUT2D eigenvalue weighted by molar-refractivity contribution is -0.132. The number of ketones is 2. The molecule has 1 fully saturated rings. The Bertz CT molecular complexity index is 1200. The number of carbonyl (C=O) groups excluding carboxylic acids is 3. The third-order valence-electron chi connectivity index (χ3n) is 5.23. The fourth-order valence-corrected chi connectivity index (χ4v) is 3.79. The largest absolute Gasteiger partial charge is 0.507 e. The summed E-state index contributed by atoms with van der Waals surface area (Å²) in [5.41, 5.74) is 1.99.